The molecule has 0 saturated heterocycles. The van der Waals surface area contributed by atoms with Crippen molar-refractivity contribution < 1.29 is 23.9 Å². The van der Waals surface area contributed by atoms with E-state index >= 15 is 0 Å². The molecule has 2 aromatic rings. The fourth-order valence-corrected chi connectivity index (χ4v) is 2.42. The molecule has 27 heavy (non-hydrogen) atoms. The molecule has 0 unspecified atom stereocenters. The molecule has 0 aliphatic carbocycles. The number of nitrogens with one attached hydrogen (secondary N) is 1. The van der Waals surface area contributed by atoms with E-state index in [0.717, 1.165) is 5.56 Å². The molecular weight excluding hydrogens is 372 g/mol. The number of carbonyl (C=O) groups is 3. The molecule has 2 rings (SSSR count). The number of hydrogen-bond donors (Lipinski definition) is 2. The van der Waals surface area contributed by atoms with E-state index in [1.807, 2.05) is 30.3 Å². The zero-order valence-electron chi connectivity index (χ0n) is 14.6. The summed E-state index contributed by atoms with van der Waals surface area (Å²) in [6.45, 7) is -0.552. The lowest BCUT2D eigenvalue weighted by Gasteiger charge is -2.16. The van der Waals surface area contributed by atoms with Crippen molar-refractivity contribution in [3.63, 3.8) is 0 Å². The van der Waals surface area contributed by atoms with Gasteiger partial charge in [-0.3, -0.25) is 4.79 Å². The van der Waals surface area contributed by atoms with Gasteiger partial charge < -0.3 is 20.5 Å². The molecule has 1 atom stereocenters. The standard InChI is InChI=1S/C19H19ClN2O5/c1-26-19(25)16(9-12-5-3-2-4-6-12)22-17(23)11-27-18(24)13-7-8-14(20)15(21)10-13/h2-8,10,16H,9,11,21H2,1H3,(H,22,23)/t16-/m0/s1. The molecule has 7 nitrogen and oxygen atoms in total. The van der Waals surface area contributed by atoms with Gasteiger partial charge in [-0.15, -0.1) is 0 Å². The molecule has 0 saturated carbocycles. The maximum absolute atomic E-state index is 12.1. The molecule has 0 radical (unpaired) electrons. The number of amides is 1. The second-order valence-corrected chi connectivity index (χ2v) is 6.05. The van der Waals surface area contributed by atoms with Crippen LogP contribution in [-0.2, 0) is 25.5 Å². The van der Waals surface area contributed by atoms with Gasteiger partial charge in [0, 0.05) is 6.42 Å². The van der Waals surface area contributed by atoms with E-state index < -0.39 is 30.5 Å². The van der Waals surface area contributed by atoms with Crippen LogP contribution in [-0.4, -0.2) is 37.6 Å². The zero-order chi connectivity index (χ0) is 19.8. The van der Waals surface area contributed by atoms with Crippen LogP contribution in [0.3, 0.4) is 0 Å². The summed E-state index contributed by atoms with van der Waals surface area (Å²) in [7, 11) is 1.23. The number of carbonyl (C=O) groups excluding carboxylic acids is 3. The predicted octanol–water partition coefficient (Wildman–Crippen LogP) is 1.98. The van der Waals surface area contributed by atoms with Gasteiger partial charge in [-0.25, -0.2) is 9.59 Å². The topological polar surface area (TPSA) is 108 Å². The van der Waals surface area contributed by atoms with Crippen molar-refractivity contribution in [3.05, 3.63) is 64.7 Å². The van der Waals surface area contributed by atoms with Gasteiger partial charge in [0.15, 0.2) is 6.61 Å². The third-order valence-electron chi connectivity index (χ3n) is 3.67. The molecule has 0 heterocycles. The van der Waals surface area contributed by atoms with Crippen LogP contribution in [0.25, 0.3) is 0 Å². The summed E-state index contributed by atoms with van der Waals surface area (Å²) in [5.41, 5.74) is 6.87. The largest absolute Gasteiger partial charge is 0.467 e. The van der Waals surface area contributed by atoms with Crippen LogP contribution in [0.4, 0.5) is 5.69 Å². The van der Waals surface area contributed by atoms with Gasteiger partial charge in [-0.2, -0.15) is 0 Å². The summed E-state index contributed by atoms with van der Waals surface area (Å²) in [5.74, 6) is -1.95. The summed E-state index contributed by atoms with van der Waals surface area (Å²) in [6.07, 6.45) is 0.251. The number of nitrogens with two attached hydrogens (primary N) is 1. The smallest absolute Gasteiger partial charge is 0.338 e. The molecule has 0 aliphatic heterocycles. The van der Waals surface area contributed by atoms with Crippen LogP contribution < -0.4 is 11.1 Å². The van der Waals surface area contributed by atoms with Gasteiger partial charge >= 0.3 is 11.9 Å². The lowest BCUT2D eigenvalue weighted by atomic mass is 10.1. The highest BCUT2D eigenvalue weighted by Gasteiger charge is 2.22. The van der Waals surface area contributed by atoms with Gasteiger partial charge in [-0.05, 0) is 23.8 Å². The highest BCUT2D eigenvalue weighted by Crippen LogP contribution is 2.19. The first kappa shape index (κ1) is 20.3. The number of halogens is 1. The Balaban J connectivity index is 1.93. The van der Waals surface area contributed by atoms with E-state index in [1.54, 1.807) is 0 Å². The summed E-state index contributed by atoms with van der Waals surface area (Å²) in [5, 5.41) is 2.82. The van der Waals surface area contributed by atoms with Crippen molar-refractivity contribution in [1.29, 1.82) is 0 Å². The Kier molecular flexibility index (Phi) is 7.19. The SMILES string of the molecule is COC(=O)[C@H](Cc1ccccc1)NC(=O)COC(=O)c1ccc(Cl)c(N)c1. The maximum atomic E-state index is 12.1. The first-order valence-electron chi connectivity index (χ1n) is 8.04. The number of benzene rings is 2. The van der Waals surface area contributed by atoms with Gasteiger partial charge in [0.1, 0.15) is 6.04 Å². The lowest BCUT2D eigenvalue weighted by molar-refractivity contribution is -0.145. The van der Waals surface area contributed by atoms with Gasteiger partial charge in [-0.1, -0.05) is 41.9 Å². The highest BCUT2D eigenvalue weighted by molar-refractivity contribution is 6.33. The fourth-order valence-electron chi connectivity index (χ4n) is 2.31. The van der Waals surface area contributed by atoms with Gasteiger partial charge in [0.25, 0.3) is 5.91 Å². The van der Waals surface area contributed by atoms with E-state index in [4.69, 9.17) is 26.8 Å². The average Bonchev–Trinajstić information content (AvgIpc) is 2.67. The molecule has 3 N–H and O–H groups in total. The number of rotatable bonds is 7. The van der Waals surface area contributed by atoms with Gasteiger partial charge in [0.2, 0.25) is 0 Å². The molecule has 0 aromatic heterocycles. The first-order chi connectivity index (χ1) is 12.9. The minimum absolute atomic E-state index is 0.165. The molecule has 0 aliphatic rings. The Labute approximate surface area is 161 Å². The number of methoxy groups -OCH3 is 1. The van der Waals surface area contributed by atoms with Crippen molar-refractivity contribution in [1.82, 2.24) is 5.32 Å². The van der Waals surface area contributed by atoms with Crippen LogP contribution in [0.2, 0.25) is 5.02 Å². The van der Waals surface area contributed by atoms with Crippen molar-refractivity contribution in [2.24, 2.45) is 0 Å². The zero-order valence-corrected chi connectivity index (χ0v) is 15.4. The fraction of sp³-hybridized carbons (Fsp3) is 0.211. The van der Waals surface area contributed by atoms with E-state index in [2.05, 4.69) is 5.32 Å². The number of ether oxygens (including phenoxy) is 2. The predicted molar refractivity (Wildman–Crippen MR) is 100 cm³/mol. The van der Waals surface area contributed by atoms with Crippen LogP contribution in [0.5, 0.6) is 0 Å². The quantitative estimate of drug-likeness (QED) is 0.553. The molecule has 142 valence electrons. The van der Waals surface area contributed by atoms with E-state index in [0.29, 0.717) is 5.02 Å². The second kappa shape index (κ2) is 9.59. The van der Waals surface area contributed by atoms with Crippen molar-refractivity contribution in [3.8, 4) is 0 Å². The summed E-state index contributed by atoms with van der Waals surface area (Å²) < 4.78 is 9.66. The lowest BCUT2D eigenvalue weighted by Crippen LogP contribution is -2.44. The number of esters is 2. The normalized spacial score (nSPS) is 11.3. The van der Waals surface area contributed by atoms with Crippen LogP contribution in [0.1, 0.15) is 15.9 Å². The molecule has 0 fully saturated rings. The van der Waals surface area contributed by atoms with Crippen molar-refractivity contribution in [2.45, 2.75) is 12.5 Å². The Bertz CT molecular complexity index is 826. The number of anilines is 1. The minimum atomic E-state index is -0.894. The molecular formula is C19H19ClN2O5. The summed E-state index contributed by atoms with van der Waals surface area (Å²) in [4.78, 5) is 36.0. The number of hydrogen-bond acceptors (Lipinski definition) is 6. The van der Waals surface area contributed by atoms with E-state index in [9.17, 15) is 14.4 Å². The summed E-state index contributed by atoms with van der Waals surface area (Å²) in [6, 6.07) is 12.5. The number of nitrogen functional groups attached to an aromatic ring is 1. The molecule has 1 amide bonds. The Morgan fingerprint density at radius 3 is 2.48 bits per heavy atom. The molecule has 2 aromatic carbocycles. The third-order valence-corrected chi connectivity index (χ3v) is 4.01. The van der Waals surface area contributed by atoms with Crippen molar-refractivity contribution in [2.75, 3.05) is 19.5 Å². The Morgan fingerprint density at radius 2 is 1.85 bits per heavy atom. The first-order valence-corrected chi connectivity index (χ1v) is 8.41. The van der Waals surface area contributed by atoms with Crippen LogP contribution in [0, 0.1) is 0 Å². The molecule has 0 bridgehead atoms. The van der Waals surface area contributed by atoms with Gasteiger partial charge in [0.05, 0.1) is 23.4 Å². The highest BCUT2D eigenvalue weighted by atomic mass is 35.5. The molecule has 0 spiro atoms. The van der Waals surface area contributed by atoms with E-state index in [-0.39, 0.29) is 17.7 Å². The maximum Gasteiger partial charge on any atom is 0.338 e. The molecule has 8 heteroatoms. The van der Waals surface area contributed by atoms with Crippen LogP contribution in [0.15, 0.2) is 48.5 Å². The monoisotopic (exact) mass is 390 g/mol. The summed E-state index contributed by atoms with van der Waals surface area (Å²) >= 11 is 5.79. The van der Waals surface area contributed by atoms with Crippen molar-refractivity contribution >= 4 is 35.1 Å². The average molecular weight is 391 g/mol. The minimum Gasteiger partial charge on any atom is -0.467 e. The van der Waals surface area contributed by atoms with E-state index in [1.165, 1.54) is 25.3 Å². The second-order valence-electron chi connectivity index (χ2n) is 5.65. The third kappa shape index (κ3) is 6.00. The Hall–Kier alpha value is -3.06. The Morgan fingerprint density at radius 1 is 1.15 bits per heavy atom. The van der Waals surface area contributed by atoms with Crippen LogP contribution >= 0.6 is 11.6 Å².